The molecule has 134 valence electrons. The Labute approximate surface area is 150 Å². The zero-order valence-electron chi connectivity index (χ0n) is 14.8. The maximum absolute atomic E-state index is 13.0. The number of hydrogen-bond acceptors (Lipinski definition) is 5. The van der Waals surface area contributed by atoms with Gasteiger partial charge >= 0.3 is 0 Å². The summed E-state index contributed by atoms with van der Waals surface area (Å²) in [5.74, 6) is 0.166. The molecule has 0 aromatic carbocycles. The van der Waals surface area contributed by atoms with Gasteiger partial charge in [0.05, 0.1) is 7.05 Å². The summed E-state index contributed by atoms with van der Waals surface area (Å²) < 4.78 is 3.09. The second kappa shape index (κ2) is 6.06. The van der Waals surface area contributed by atoms with Crippen LogP contribution in [0, 0.1) is 0 Å². The second-order valence-electron chi connectivity index (χ2n) is 6.68. The van der Waals surface area contributed by atoms with Crippen LogP contribution in [0.2, 0.25) is 0 Å². The van der Waals surface area contributed by atoms with Crippen molar-refractivity contribution in [1.29, 1.82) is 0 Å². The van der Waals surface area contributed by atoms with Crippen molar-refractivity contribution in [3.05, 3.63) is 46.4 Å². The number of likely N-dealkylation sites (N-methyl/N-ethyl adjacent to an activating group) is 1. The molecule has 26 heavy (non-hydrogen) atoms. The number of fused-ring (bicyclic) bond motifs is 2. The molecule has 4 heterocycles. The highest BCUT2D eigenvalue weighted by molar-refractivity contribution is 6.00. The Morgan fingerprint density at radius 2 is 1.96 bits per heavy atom. The lowest BCUT2D eigenvalue weighted by Gasteiger charge is -2.32. The molecule has 0 aliphatic carbocycles. The lowest BCUT2D eigenvalue weighted by Crippen LogP contribution is -2.48. The fourth-order valence-electron chi connectivity index (χ4n) is 3.34. The van der Waals surface area contributed by atoms with Gasteiger partial charge in [-0.3, -0.25) is 14.0 Å². The number of aromatic nitrogens is 3. The van der Waals surface area contributed by atoms with Gasteiger partial charge in [-0.1, -0.05) is 11.1 Å². The van der Waals surface area contributed by atoms with Gasteiger partial charge in [-0.25, -0.2) is 4.57 Å². The van der Waals surface area contributed by atoms with Crippen molar-refractivity contribution in [1.82, 2.24) is 19.2 Å². The van der Waals surface area contributed by atoms with Crippen molar-refractivity contribution < 1.29 is 9.36 Å². The van der Waals surface area contributed by atoms with Crippen molar-refractivity contribution in [2.24, 2.45) is 7.05 Å². The molecule has 3 aromatic heterocycles. The van der Waals surface area contributed by atoms with E-state index in [9.17, 15) is 9.59 Å². The first kappa shape index (κ1) is 16.5. The number of anilines is 1. The van der Waals surface area contributed by atoms with Crippen molar-refractivity contribution >= 4 is 28.4 Å². The molecule has 4 rings (SSSR count). The lowest BCUT2D eigenvalue weighted by atomic mass is 10.1. The van der Waals surface area contributed by atoms with Crippen LogP contribution in [0.3, 0.4) is 0 Å². The first-order valence-corrected chi connectivity index (χ1v) is 8.55. The van der Waals surface area contributed by atoms with Crippen molar-refractivity contribution in [2.75, 3.05) is 39.0 Å². The molecular formula is C18H21N6O2+. The number of amides is 1. The van der Waals surface area contributed by atoms with E-state index in [4.69, 9.17) is 5.73 Å². The van der Waals surface area contributed by atoms with E-state index in [2.05, 4.69) is 9.88 Å². The van der Waals surface area contributed by atoms with E-state index in [0.717, 1.165) is 13.1 Å². The third-order valence-electron chi connectivity index (χ3n) is 5.01. The number of carbonyl (C=O) groups is 1. The zero-order valence-corrected chi connectivity index (χ0v) is 14.8. The van der Waals surface area contributed by atoms with Gasteiger partial charge in [0.25, 0.3) is 17.1 Å². The molecule has 3 aromatic rings. The number of nitrogens with two attached hydrogens (primary N) is 1. The molecular weight excluding hydrogens is 332 g/mol. The maximum Gasteiger partial charge on any atom is 0.278 e. The number of aryl methyl sites for hydroxylation is 1. The molecule has 8 nitrogen and oxygen atoms in total. The molecule has 0 spiro atoms. The van der Waals surface area contributed by atoms with Crippen LogP contribution in [-0.2, 0) is 7.05 Å². The minimum absolute atomic E-state index is 0.148. The fraction of sp³-hybridized carbons (Fsp3) is 0.333. The number of pyridine rings is 2. The molecule has 1 fully saturated rings. The predicted molar refractivity (Wildman–Crippen MR) is 98.0 cm³/mol. The minimum atomic E-state index is -0.214. The number of rotatable bonds is 1. The summed E-state index contributed by atoms with van der Waals surface area (Å²) in [6.45, 7) is 2.93. The van der Waals surface area contributed by atoms with E-state index < -0.39 is 0 Å². The third-order valence-corrected chi connectivity index (χ3v) is 5.01. The summed E-state index contributed by atoms with van der Waals surface area (Å²) in [5.41, 5.74) is 7.37. The van der Waals surface area contributed by atoms with Crippen LogP contribution >= 0.6 is 0 Å². The standard InChI is InChI=1S/C18H20N6O2/c1-21-7-9-23(10-8-21)17(25)12-11-13-16(22(2)15(12)19)20-14-5-3-4-6-24(14)18(13)26/h3-6,11,19H,7-10H2,1-2H3/p+1. The van der Waals surface area contributed by atoms with Crippen LogP contribution in [0.4, 0.5) is 5.82 Å². The topological polar surface area (TPSA) is 87.8 Å². The normalized spacial score (nSPS) is 15.7. The summed E-state index contributed by atoms with van der Waals surface area (Å²) in [4.78, 5) is 34.4. The second-order valence-corrected chi connectivity index (χ2v) is 6.68. The van der Waals surface area contributed by atoms with E-state index in [1.54, 1.807) is 40.9 Å². The van der Waals surface area contributed by atoms with Crippen molar-refractivity contribution in [2.45, 2.75) is 0 Å². The molecule has 0 unspecified atom stereocenters. The number of nitrogens with zero attached hydrogens (tertiary/aromatic N) is 5. The van der Waals surface area contributed by atoms with Crippen LogP contribution in [0.25, 0.3) is 16.7 Å². The Morgan fingerprint density at radius 3 is 2.69 bits per heavy atom. The lowest BCUT2D eigenvalue weighted by molar-refractivity contribution is -0.632. The Bertz CT molecular complexity index is 1080. The number of nitrogen functional groups attached to an aromatic ring is 1. The first-order valence-electron chi connectivity index (χ1n) is 8.55. The summed E-state index contributed by atoms with van der Waals surface area (Å²) in [5, 5.41) is 0.378. The molecule has 0 saturated carbocycles. The number of hydrogen-bond donors (Lipinski definition) is 1. The monoisotopic (exact) mass is 353 g/mol. The molecule has 8 heteroatoms. The van der Waals surface area contributed by atoms with Gasteiger partial charge in [0, 0.05) is 32.4 Å². The molecule has 1 amide bonds. The highest BCUT2D eigenvalue weighted by Gasteiger charge is 2.27. The molecule has 0 bridgehead atoms. The molecule has 1 aliphatic heterocycles. The summed E-state index contributed by atoms with van der Waals surface area (Å²) in [6.07, 6.45) is 1.67. The van der Waals surface area contributed by atoms with E-state index in [1.165, 1.54) is 4.40 Å². The van der Waals surface area contributed by atoms with Crippen LogP contribution in [0.15, 0.2) is 35.3 Å². The Hall–Kier alpha value is -3.00. The fourth-order valence-corrected chi connectivity index (χ4v) is 3.34. The van der Waals surface area contributed by atoms with Gasteiger partial charge in [-0.15, -0.1) is 0 Å². The number of carbonyl (C=O) groups excluding carboxylic acids is 1. The molecule has 0 radical (unpaired) electrons. The summed E-state index contributed by atoms with van der Waals surface area (Å²) in [6, 6.07) is 6.94. The van der Waals surface area contributed by atoms with E-state index in [1.807, 2.05) is 13.1 Å². The Kier molecular flexibility index (Phi) is 3.84. The smallest absolute Gasteiger partial charge is 0.278 e. The minimum Gasteiger partial charge on any atom is -0.336 e. The summed E-state index contributed by atoms with van der Waals surface area (Å²) in [7, 11) is 3.76. The van der Waals surface area contributed by atoms with Crippen LogP contribution < -0.4 is 15.9 Å². The van der Waals surface area contributed by atoms with E-state index in [0.29, 0.717) is 41.2 Å². The average molecular weight is 353 g/mol. The van der Waals surface area contributed by atoms with Crippen molar-refractivity contribution in [3.8, 4) is 0 Å². The highest BCUT2D eigenvalue weighted by Crippen LogP contribution is 2.16. The van der Waals surface area contributed by atoms with Gasteiger partial charge in [-0.2, -0.15) is 0 Å². The first-order chi connectivity index (χ1) is 12.5. The highest BCUT2D eigenvalue weighted by atomic mass is 16.2. The van der Waals surface area contributed by atoms with E-state index >= 15 is 0 Å². The SMILES string of the molecule is CN1CCN(C(=O)c2cc3c(=O)n4ccccc4nc3[n+](C)c2N)CC1. The average Bonchev–Trinajstić information content (AvgIpc) is 2.65. The van der Waals surface area contributed by atoms with Crippen LogP contribution in [-0.4, -0.2) is 58.3 Å². The summed E-state index contributed by atoms with van der Waals surface area (Å²) >= 11 is 0. The molecule has 1 aliphatic rings. The number of piperazine rings is 1. The van der Waals surface area contributed by atoms with Gasteiger partial charge in [0.2, 0.25) is 11.5 Å². The van der Waals surface area contributed by atoms with Gasteiger partial charge in [0.15, 0.2) is 0 Å². The maximum atomic E-state index is 13.0. The third kappa shape index (κ3) is 2.50. The van der Waals surface area contributed by atoms with Gasteiger partial charge in [-0.05, 0) is 25.2 Å². The molecule has 2 N–H and O–H groups in total. The quantitative estimate of drug-likeness (QED) is 0.477. The Morgan fingerprint density at radius 1 is 1.23 bits per heavy atom. The van der Waals surface area contributed by atoms with Crippen molar-refractivity contribution in [3.63, 3.8) is 0 Å². The molecule has 1 saturated heterocycles. The van der Waals surface area contributed by atoms with Crippen LogP contribution in [0.5, 0.6) is 0 Å². The zero-order chi connectivity index (χ0) is 18.4. The van der Waals surface area contributed by atoms with E-state index in [-0.39, 0.29) is 11.5 Å². The Balaban J connectivity index is 1.90. The van der Waals surface area contributed by atoms with Crippen LogP contribution in [0.1, 0.15) is 10.4 Å². The largest absolute Gasteiger partial charge is 0.336 e. The predicted octanol–water partition coefficient (Wildman–Crippen LogP) is -0.358. The molecule has 0 atom stereocenters. The van der Waals surface area contributed by atoms with Gasteiger partial charge in [0.1, 0.15) is 10.9 Å². The van der Waals surface area contributed by atoms with Gasteiger partial charge < -0.3 is 15.5 Å².